The third-order valence-corrected chi connectivity index (χ3v) is 4.88. The first-order chi connectivity index (χ1) is 9.75. The molecule has 21 heavy (non-hydrogen) atoms. The van der Waals surface area contributed by atoms with Gasteiger partial charge in [-0.3, -0.25) is 0 Å². The normalized spacial score (nSPS) is 11.9. The van der Waals surface area contributed by atoms with Crippen LogP contribution in [0, 0.1) is 5.82 Å². The Hall–Kier alpha value is -0.820. The highest BCUT2D eigenvalue weighted by atomic mass is 35.7. The Kier molecular flexibility index (Phi) is 4.82. The van der Waals surface area contributed by atoms with Crippen LogP contribution in [0.4, 0.5) is 4.39 Å². The average molecular weight is 372 g/mol. The molecule has 0 spiro atoms. The van der Waals surface area contributed by atoms with Crippen LogP contribution in [0.2, 0.25) is 10.2 Å². The Labute approximate surface area is 135 Å². The van der Waals surface area contributed by atoms with Gasteiger partial charge < -0.3 is 0 Å². The van der Waals surface area contributed by atoms with Gasteiger partial charge in [-0.15, -0.1) is 0 Å². The quantitative estimate of drug-likeness (QED) is 0.757. The number of nitrogens with zero attached hydrogens (tertiary/aromatic N) is 2. The molecule has 0 amide bonds. The van der Waals surface area contributed by atoms with Crippen molar-refractivity contribution >= 4 is 42.9 Å². The zero-order chi connectivity index (χ0) is 15.8. The molecule has 0 unspecified atom stereocenters. The van der Waals surface area contributed by atoms with E-state index in [2.05, 4.69) is 5.10 Å². The molecular formula is C12H10Cl3FN2O2S. The molecule has 0 aliphatic carbocycles. The zero-order valence-electron chi connectivity index (χ0n) is 10.8. The van der Waals surface area contributed by atoms with Crippen LogP contribution < -0.4 is 0 Å². The Morgan fingerprint density at radius 3 is 2.52 bits per heavy atom. The molecule has 2 rings (SSSR count). The molecule has 0 fully saturated rings. The Morgan fingerprint density at radius 2 is 2.00 bits per heavy atom. The van der Waals surface area contributed by atoms with Gasteiger partial charge in [-0.1, -0.05) is 36.5 Å². The van der Waals surface area contributed by atoms with E-state index in [1.165, 1.54) is 12.1 Å². The molecule has 0 saturated carbocycles. The van der Waals surface area contributed by atoms with E-state index in [-0.39, 0.29) is 26.5 Å². The zero-order valence-corrected chi connectivity index (χ0v) is 13.9. The fourth-order valence-electron chi connectivity index (χ4n) is 1.85. The van der Waals surface area contributed by atoms with Crippen LogP contribution >= 0.6 is 33.9 Å². The second kappa shape index (κ2) is 6.12. The highest BCUT2D eigenvalue weighted by Crippen LogP contribution is 2.32. The molecule has 9 heteroatoms. The van der Waals surface area contributed by atoms with Crippen molar-refractivity contribution in [2.75, 3.05) is 0 Å². The second-order valence-corrected chi connectivity index (χ2v) is 7.53. The smallest absolute Gasteiger partial charge is 0.220 e. The number of aromatic nitrogens is 2. The highest BCUT2D eigenvalue weighted by Gasteiger charge is 2.26. The van der Waals surface area contributed by atoms with Crippen LogP contribution in [-0.4, -0.2) is 18.2 Å². The predicted octanol–water partition coefficient (Wildman–Crippen LogP) is 4.20. The summed E-state index contributed by atoms with van der Waals surface area (Å²) in [6.07, 6.45) is 1.03. The van der Waals surface area contributed by atoms with Crippen molar-refractivity contribution in [2.24, 2.45) is 0 Å². The van der Waals surface area contributed by atoms with Crippen molar-refractivity contribution in [3.8, 4) is 5.69 Å². The minimum atomic E-state index is -4.05. The van der Waals surface area contributed by atoms with Crippen molar-refractivity contribution in [1.82, 2.24) is 9.78 Å². The number of benzene rings is 1. The van der Waals surface area contributed by atoms with Crippen molar-refractivity contribution in [2.45, 2.75) is 24.7 Å². The first-order valence-corrected chi connectivity index (χ1v) is 8.99. The lowest BCUT2D eigenvalue weighted by Gasteiger charge is -2.04. The molecule has 114 valence electrons. The van der Waals surface area contributed by atoms with Gasteiger partial charge in [0.25, 0.3) is 9.05 Å². The summed E-state index contributed by atoms with van der Waals surface area (Å²) >= 11 is 11.7. The summed E-state index contributed by atoms with van der Waals surface area (Å²) in [5, 5.41) is 3.88. The molecule has 0 bridgehead atoms. The van der Waals surface area contributed by atoms with Crippen molar-refractivity contribution < 1.29 is 12.8 Å². The molecule has 0 aliphatic rings. The van der Waals surface area contributed by atoms with E-state index < -0.39 is 14.9 Å². The van der Waals surface area contributed by atoms with E-state index in [9.17, 15) is 12.8 Å². The third-order valence-electron chi connectivity index (χ3n) is 2.73. The fourth-order valence-corrected chi connectivity index (χ4v) is 3.84. The van der Waals surface area contributed by atoms with Crippen LogP contribution in [0.25, 0.3) is 5.69 Å². The van der Waals surface area contributed by atoms with Gasteiger partial charge in [-0.2, -0.15) is 5.10 Å². The number of hydrogen-bond acceptors (Lipinski definition) is 3. The van der Waals surface area contributed by atoms with Gasteiger partial charge in [0.05, 0.1) is 16.4 Å². The second-order valence-electron chi connectivity index (χ2n) is 4.26. The van der Waals surface area contributed by atoms with E-state index >= 15 is 0 Å². The summed E-state index contributed by atoms with van der Waals surface area (Å²) < 4.78 is 37.9. The van der Waals surface area contributed by atoms with Crippen LogP contribution in [-0.2, 0) is 15.5 Å². The minimum absolute atomic E-state index is 0.0546. The molecule has 0 atom stereocenters. The van der Waals surface area contributed by atoms with Crippen LogP contribution in [0.5, 0.6) is 0 Å². The van der Waals surface area contributed by atoms with Gasteiger partial charge in [0.1, 0.15) is 10.7 Å². The Balaban J connectivity index is 2.68. The third kappa shape index (κ3) is 3.34. The number of rotatable bonds is 4. The monoisotopic (exact) mass is 370 g/mol. The topological polar surface area (TPSA) is 52.0 Å². The van der Waals surface area contributed by atoms with Crippen LogP contribution in [0.3, 0.4) is 0 Å². The molecule has 1 aromatic heterocycles. The molecule has 2 aromatic rings. The summed E-state index contributed by atoms with van der Waals surface area (Å²) in [5.74, 6) is -0.659. The van der Waals surface area contributed by atoms with E-state index in [1.807, 2.05) is 6.92 Å². The summed E-state index contributed by atoms with van der Waals surface area (Å²) in [5.41, 5.74) is 0.499. The molecule has 4 nitrogen and oxygen atoms in total. The van der Waals surface area contributed by atoms with Gasteiger partial charge in [0, 0.05) is 16.7 Å². The summed E-state index contributed by atoms with van der Waals surface area (Å²) in [6.45, 7) is 1.86. The van der Waals surface area contributed by atoms with Gasteiger partial charge in [0.2, 0.25) is 0 Å². The molecule has 1 aromatic carbocycles. The lowest BCUT2D eigenvalue weighted by Crippen LogP contribution is -1.98. The largest absolute Gasteiger partial charge is 0.266 e. The van der Waals surface area contributed by atoms with Gasteiger partial charge in [-0.05, 0) is 18.6 Å². The molecular weight excluding hydrogens is 362 g/mol. The van der Waals surface area contributed by atoms with Gasteiger partial charge in [0.15, 0.2) is 5.15 Å². The first-order valence-electron chi connectivity index (χ1n) is 5.93. The maximum atomic E-state index is 13.5. The molecule has 0 aliphatic heterocycles. The minimum Gasteiger partial charge on any atom is -0.220 e. The predicted molar refractivity (Wildman–Crippen MR) is 80.6 cm³/mol. The Bertz CT molecular complexity index is 790. The summed E-state index contributed by atoms with van der Waals surface area (Å²) in [4.78, 5) is -0.247. The van der Waals surface area contributed by atoms with Crippen LogP contribution in [0.1, 0.15) is 19.0 Å². The van der Waals surface area contributed by atoms with Gasteiger partial charge in [-0.25, -0.2) is 17.5 Å². The lowest BCUT2D eigenvalue weighted by atomic mass is 10.2. The highest BCUT2D eigenvalue weighted by molar-refractivity contribution is 8.13. The van der Waals surface area contributed by atoms with E-state index in [0.29, 0.717) is 12.8 Å². The lowest BCUT2D eigenvalue weighted by molar-refractivity contribution is 0.608. The van der Waals surface area contributed by atoms with Crippen LogP contribution in [0.15, 0.2) is 23.1 Å². The van der Waals surface area contributed by atoms with Crippen molar-refractivity contribution in [1.29, 1.82) is 0 Å². The molecule has 0 radical (unpaired) electrons. The number of aryl methyl sites for hydroxylation is 1. The fraction of sp³-hybridized carbons (Fsp3) is 0.250. The van der Waals surface area contributed by atoms with Gasteiger partial charge >= 0.3 is 0 Å². The van der Waals surface area contributed by atoms with E-state index in [0.717, 1.165) is 10.7 Å². The standard InChI is InChI=1S/C12H10Cl3FN2O2S/c1-2-3-10-11(21(15,19)20)12(14)18(17-10)7-4-5-8(13)9(16)6-7/h4-6H,2-3H2,1H3. The maximum absolute atomic E-state index is 13.5. The molecule has 0 saturated heterocycles. The molecule has 0 N–H and O–H groups in total. The summed E-state index contributed by atoms with van der Waals surface area (Å²) in [6, 6.07) is 3.92. The first kappa shape index (κ1) is 16.5. The maximum Gasteiger partial charge on any atom is 0.266 e. The van der Waals surface area contributed by atoms with E-state index in [4.69, 9.17) is 33.9 Å². The van der Waals surface area contributed by atoms with E-state index in [1.54, 1.807) is 0 Å². The SMILES string of the molecule is CCCc1nn(-c2ccc(Cl)c(F)c2)c(Cl)c1S(=O)(=O)Cl. The van der Waals surface area contributed by atoms with Crippen molar-refractivity contribution in [3.63, 3.8) is 0 Å². The average Bonchev–Trinajstić information content (AvgIpc) is 2.70. The number of halogens is 4. The molecule has 1 heterocycles. The number of hydrogen-bond donors (Lipinski definition) is 0. The Morgan fingerprint density at radius 1 is 1.33 bits per heavy atom. The van der Waals surface area contributed by atoms with Crippen molar-refractivity contribution in [3.05, 3.63) is 39.9 Å². The summed E-state index contributed by atoms with van der Waals surface area (Å²) in [7, 11) is 1.35.